The van der Waals surface area contributed by atoms with E-state index in [1.165, 1.54) is 7.05 Å². The maximum atomic E-state index is 13.2. The van der Waals surface area contributed by atoms with Gasteiger partial charge >= 0.3 is 0 Å². The van der Waals surface area contributed by atoms with Crippen LogP contribution in [0.5, 0.6) is 0 Å². The molecule has 0 amide bonds. The number of hydrogen-bond donors (Lipinski definition) is 1. The molecule has 1 N–H and O–H groups in total. The lowest BCUT2D eigenvalue weighted by molar-refractivity contribution is 0.441. The van der Waals surface area contributed by atoms with Gasteiger partial charge in [-0.3, -0.25) is 0 Å². The zero-order chi connectivity index (χ0) is 15.6. The fourth-order valence-electron chi connectivity index (χ4n) is 2.13. The Hall–Kier alpha value is -1.95. The minimum atomic E-state index is -1.55. The molecule has 0 bridgehead atoms. The SMILES string of the molecule is CNC(Cc1cc(F)cc(F)c1)c1cc(F)c(F)c(F)c1. The molecular formula is C15H12F5N. The van der Waals surface area contributed by atoms with E-state index in [9.17, 15) is 22.0 Å². The summed E-state index contributed by atoms with van der Waals surface area (Å²) in [4.78, 5) is 0. The normalized spacial score (nSPS) is 12.5. The average molecular weight is 301 g/mol. The molecule has 1 nitrogen and oxygen atoms in total. The monoisotopic (exact) mass is 301 g/mol. The maximum absolute atomic E-state index is 13.2. The Morgan fingerprint density at radius 2 is 1.38 bits per heavy atom. The second-order valence-electron chi connectivity index (χ2n) is 4.62. The lowest BCUT2D eigenvalue weighted by Crippen LogP contribution is -2.19. The van der Waals surface area contributed by atoms with E-state index in [4.69, 9.17) is 0 Å². The summed E-state index contributed by atoms with van der Waals surface area (Å²) < 4.78 is 65.7. The van der Waals surface area contributed by atoms with Crippen LogP contribution in [0.15, 0.2) is 30.3 Å². The van der Waals surface area contributed by atoms with Crippen LogP contribution in [-0.4, -0.2) is 7.05 Å². The zero-order valence-electron chi connectivity index (χ0n) is 11.1. The molecule has 2 aromatic rings. The maximum Gasteiger partial charge on any atom is 0.194 e. The average Bonchev–Trinajstić information content (AvgIpc) is 2.40. The van der Waals surface area contributed by atoms with Gasteiger partial charge in [-0.15, -0.1) is 0 Å². The van der Waals surface area contributed by atoms with Crippen molar-refractivity contribution < 1.29 is 22.0 Å². The molecule has 0 saturated carbocycles. The van der Waals surface area contributed by atoms with Crippen molar-refractivity contribution in [3.8, 4) is 0 Å². The molecule has 1 unspecified atom stereocenters. The highest BCUT2D eigenvalue weighted by Gasteiger charge is 2.17. The predicted octanol–water partition coefficient (Wildman–Crippen LogP) is 3.89. The van der Waals surface area contributed by atoms with Crippen molar-refractivity contribution in [1.29, 1.82) is 0 Å². The number of benzene rings is 2. The molecule has 0 aromatic heterocycles. The summed E-state index contributed by atoms with van der Waals surface area (Å²) in [5.41, 5.74) is 0.468. The highest BCUT2D eigenvalue weighted by atomic mass is 19.2. The number of hydrogen-bond acceptors (Lipinski definition) is 1. The molecule has 2 aromatic carbocycles. The highest BCUT2D eigenvalue weighted by Crippen LogP contribution is 2.23. The van der Waals surface area contributed by atoms with Gasteiger partial charge in [0.05, 0.1) is 0 Å². The van der Waals surface area contributed by atoms with Crippen LogP contribution in [0.25, 0.3) is 0 Å². The van der Waals surface area contributed by atoms with Gasteiger partial charge in [0.15, 0.2) is 17.5 Å². The first kappa shape index (κ1) is 15.4. The van der Waals surface area contributed by atoms with E-state index in [1.807, 2.05) is 0 Å². The lowest BCUT2D eigenvalue weighted by atomic mass is 9.98. The molecule has 0 saturated heterocycles. The van der Waals surface area contributed by atoms with E-state index in [0.717, 1.165) is 30.3 Å². The standard InChI is InChI=1S/C15H12F5N/c1-21-14(4-8-2-10(16)7-11(17)3-8)9-5-12(18)15(20)13(19)6-9/h2-3,5-7,14,21H,4H2,1H3. The fraction of sp³-hybridized carbons (Fsp3) is 0.200. The second kappa shape index (κ2) is 6.22. The van der Waals surface area contributed by atoms with Gasteiger partial charge in [0.25, 0.3) is 0 Å². The van der Waals surface area contributed by atoms with E-state index in [0.29, 0.717) is 5.56 Å². The molecule has 21 heavy (non-hydrogen) atoms. The van der Waals surface area contributed by atoms with Gasteiger partial charge in [-0.1, -0.05) is 0 Å². The molecule has 112 valence electrons. The molecule has 6 heteroatoms. The van der Waals surface area contributed by atoms with Crippen molar-refractivity contribution >= 4 is 0 Å². The van der Waals surface area contributed by atoms with Crippen LogP contribution >= 0.6 is 0 Å². The molecule has 0 aliphatic heterocycles. The Morgan fingerprint density at radius 1 is 0.857 bits per heavy atom. The summed E-state index contributed by atoms with van der Waals surface area (Å²) in [5.74, 6) is -5.65. The van der Waals surface area contributed by atoms with Crippen LogP contribution in [0.2, 0.25) is 0 Å². The second-order valence-corrected chi connectivity index (χ2v) is 4.62. The van der Waals surface area contributed by atoms with Crippen molar-refractivity contribution in [3.63, 3.8) is 0 Å². The summed E-state index contributed by atoms with van der Waals surface area (Å²) >= 11 is 0. The Labute approximate surface area is 118 Å². The largest absolute Gasteiger partial charge is 0.313 e. The zero-order valence-corrected chi connectivity index (χ0v) is 11.1. The van der Waals surface area contributed by atoms with Gasteiger partial charge in [-0.05, 0) is 48.9 Å². The molecule has 0 fully saturated rings. The first-order valence-electron chi connectivity index (χ1n) is 6.17. The predicted molar refractivity (Wildman–Crippen MR) is 68.2 cm³/mol. The summed E-state index contributed by atoms with van der Waals surface area (Å²) in [7, 11) is 1.53. The van der Waals surface area contributed by atoms with Gasteiger partial charge < -0.3 is 5.32 Å². The Balaban J connectivity index is 2.31. The minimum Gasteiger partial charge on any atom is -0.313 e. The van der Waals surface area contributed by atoms with E-state index < -0.39 is 35.1 Å². The van der Waals surface area contributed by atoms with Gasteiger partial charge in [0, 0.05) is 12.1 Å². The van der Waals surface area contributed by atoms with Crippen LogP contribution in [0.4, 0.5) is 22.0 Å². The molecule has 0 spiro atoms. The quantitative estimate of drug-likeness (QED) is 0.667. The molecule has 2 rings (SSSR count). The van der Waals surface area contributed by atoms with Crippen molar-refractivity contribution in [3.05, 3.63) is 70.5 Å². The van der Waals surface area contributed by atoms with Gasteiger partial charge in [-0.25, -0.2) is 22.0 Å². The van der Waals surface area contributed by atoms with Crippen molar-refractivity contribution in [2.24, 2.45) is 0 Å². The third kappa shape index (κ3) is 3.58. The van der Waals surface area contributed by atoms with E-state index >= 15 is 0 Å². The number of halogens is 5. The summed E-state index contributed by atoms with van der Waals surface area (Å²) in [6.07, 6.45) is 0.0929. The topological polar surface area (TPSA) is 12.0 Å². The highest BCUT2D eigenvalue weighted by molar-refractivity contribution is 5.26. The Kier molecular flexibility index (Phi) is 4.57. The smallest absolute Gasteiger partial charge is 0.194 e. The number of rotatable bonds is 4. The lowest BCUT2D eigenvalue weighted by Gasteiger charge is -2.17. The molecule has 0 heterocycles. The molecule has 0 aliphatic carbocycles. The number of likely N-dealkylation sites (N-methyl/N-ethyl adjacent to an activating group) is 1. The van der Waals surface area contributed by atoms with Gasteiger partial charge in [-0.2, -0.15) is 0 Å². The first-order chi connectivity index (χ1) is 9.90. The van der Waals surface area contributed by atoms with Crippen LogP contribution < -0.4 is 5.32 Å². The minimum absolute atomic E-state index is 0.0929. The van der Waals surface area contributed by atoms with Crippen LogP contribution in [0.3, 0.4) is 0 Å². The third-order valence-corrected chi connectivity index (χ3v) is 3.12. The van der Waals surface area contributed by atoms with Crippen LogP contribution in [0.1, 0.15) is 17.2 Å². The van der Waals surface area contributed by atoms with Crippen molar-refractivity contribution in [1.82, 2.24) is 5.32 Å². The van der Waals surface area contributed by atoms with Crippen LogP contribution in [-0.2, 0) is 6.42 Å². The number of nitrogens with one attached hydrogen (secondary N) is 1. The summed E-state index contributed by atoms with van der Waals surface area (Å²) in [6, 6.07) is 4.09. The summed E-state index contributed by atoms with van der Waals surface area (Å²) in [6.45, 7) is 0. The van der Waals surface area contributed by atoms with Crippen LogP contribution in [0, 0.1) is 29.1 Å². The van der Waals surface area contributed by atoms with Crippen molar-refractivity contribution in [2.75, 3.05) is 7.05 Å². The van der Waals surface area contributed by atoms with E-state index in [1.54, 1.807) is 0 Å². The van der Waals surface area contributed by atoms with E-state index in [-0.39, 0.29) is 12.0 Å². The molecule has 0 radical (unpaired) electrons. The summed E-state index contributed by atoms with van der Waals surface area (Å²) in [5, 5.41) is 2.78. The Morgan fingerprint density at radius 3 is 1.86 bits per heavy atom. The fourth-order valence-corrected chi connectivity index (χ4v) is 2.13. The molecular weight excluding hydrogens is 289 g/mol. The van der Waals surface area contributed by atoms with Crippen molar-refractivity contribution in [2.45, 2.75) is 12.5 Å². The third-order valence-electron chi connectivity index (χ3n) is 3.12. The van der Waals surface area contributed by atoms with E-state index in [2.05, 4.69) is 5.32 Å². The Bertz CT molecular complexity index is 613. The van der Waals surface area contributed by atoms with Gasteiger partial charge in [0.1, 0.15) is 11.6 Å². The molecule has 0 aliphatic rings. The van der Waals surface area contributed by atoms with Gasteiger partial charge in [0.2, 0.25) is 0 Å². The molecule has 1 atom stereocenters. The first-order valence-corrected chi connectivity index (χ1v) is 6.17.